The fourth-order valence-electron chi connectivity index (χ4n) is 2.35. The van der Waals surface area contributed by atoms with Gasteiger partial charge < -0.3 is 0 Å². The molecule has 27 heavy (non-hydrogen) atoms. The molecule has 1 N–H and O–H groups in total. The minimum atomic E-state index is -0.495. The van der Waals surface area contributed by atoms with Gasteiger partial charge in [-0.05, 0) is 31.2 Å². The van der Waals surface area contributed by atoms with E-state index in [1.54, 1.807) is 25.1 Å². The van der Waals surface area contributed by atoms with Crippen molar-refractivity contribution in [3.63, 3.8) is 0 Å². The number of rotatable bonds is 6. The molecular weight excluding hydrogens is 386 g/mol. The van der Waals surface area contributed by atoms with Crippen LogP contribution in [-0.2, 0) is 6.54 Å². The Morgan fingerprint density at radius 1 is 1.22 bits per heavy atom. The van der Waals surface area contributed by atoms with Gasteiger partial charge >= 0.3 is 10.7 Å². The van der Waals surface area contributed by atoms with Gasteiger partial charge in [-0.1, -0.05) is 47.4 Å². The Balaban J connectivity index is 1.90. The molecule has 2 heterocycles. The molecule has 0 atom stereocenters. The van der Waals surface area contributed by atoms with E-state index < -0.39 is 16.2 Å². The first-order valence-electron chi connectivity index (χ1n) is 7.93. The van der Waals surface area contributed by atoms with Gasteiger partial charge in [0.05, 0.1) is 9.95 Å². The van der Waals surface area contributed by atoms with Gasteiger partial charge in [0, 0.05) is 27.9 Å². The van der Waals surface area contributed by atoms with Crippen molar-refractivity contribution in [3.8, 4) is 0 Å². The number of hydrogen-bond donors (Lipinski definition) is 1. The first-order valence-corrected chi connectivity index (χ1v) is 9.56. The van der Waals surface area contributed by atoms with Gasteiger partial charge in [-0.15, -0.1) is 0 Å². The molecule has 0 saturated heterocycles. The molecule has 0 aliphatic heterocycles. The van der Waals surface area contributed by atoms with Gasteiger partial charge in [0.1, 0.15) is 0 Å². The second-order valence-corrected chi connectivity index (χ2v) is 7.71. The average Bonchev–Trinajstić information content (AvgIpc) is 3.12. The summed E-state index contributed by atoms with van der Waals surface area (Å²) in [6.07, 6.45) is 3.46. The Labute approximate surface area is 162 Å². The summed E-state index contributed by atoms with van der Waals surface area (Å²) in [7, 11) is 0. The number of nitrogens with one attached hydrogen (secondary N) is 1. The van der Waals surface area contributed by atoms with Gasteiger partial charge in [0.15, 0.2) is 0 Å². The molecule has 0 fully saturated rings. The smallest absolute Gasteiger partial charge is 0.284 e. The van der Waals surface area contributed by atoms with Gasteiger partial charge in [0.25, 0.3) is 5.56 Å². The van der Waals surface area contributed by atoms with Crippen LogP contribution in [0.2, 0.25) is 0 Å². The molecule has 0 amide bonds. The van der Waals surface area contributed by atoms with Crippen molar-refractivity contribution in [2.75, 3.05) is 0 Å². The monoisotopic (exact) mass is 401 g/mol. The zero-order chi connectivity index (χ0) is 19.4. The van der Waals surface area contributed by atoms with Crippen molar-refractivity contribution in [2.45, 2.75) is 23.4 Å². The van der Waals surface area contributed by atoms with E-state index in [1.807, 2.05) is 30.3 Å². The molecule has 0 radical (unpaired) electrons. The summed E-state index contributed by atoms with van der Waals surface area (Å²) in [5.74, 6) is 0. The third-order valence-electron chi connectivity index (χ3n) is 3.69. The van der Waals surface area contributed by atoms with Crippen molar-refractivity contribution in [3.05, 3.63) is 89.9 Å². The molecule has 0 unspecified atom stereocenters. The first-order chi connectivity index (χ1) is 13.0. The lowest BCUT2D eigenvalue weighted by Gasteiger charge is -2.12. The van der Waals surface area contributed by atoms with E-state index in [-0.39, 0.29) is 11.5 Å². The van der Waals surface area contributed by atoms with Crippen LogP contribution >= 0.6 is 23.1 Å². The van der Waals surface area contributed by atoms with Crippen LogP contribution < -0.4 is 11.2 Å². The van der Waals surface area contributed by atoms with Gasteiger partial charge in [-0.25, -0.2) is 4.79 Å². The second kappa shape index (κ2) is 8.19. The van der Waals surface area contributed by atoms with Crippen LogP contribution in [0.25, 0.3) is 6.08 Å². The lowest BCUT2D eigenvalue weighted by molar-refractivity contribution is -0.380. The molecule has 0 spiro atoms. The third kappa shape index (κ3) is 4.44. The SMILES string of the molecule is Cc1c(Sc2ccccc2)n(C/C=C/c2ccc([N+](=O)[O-])s2)c(=O)[nH]c1=O. The number of benzene rings is 1. The van der Waals surface area contributed by atoms with E-state index >= 15 is 0 Å². The van der Waals surface area contributed by atoms with E-state index in [9.17, 15) is 19.7 Å². The quantitative estimate of drug-likeness (QED) is 0.386. The topological polar surface area (TPSA) is 98.0 Å². The molecule has 1 aromatic carbocycles. The lowest BCUT2D eigenvalue weighted by Crippen LogP contribution is -2.32. The molecule has 0 aliphatic carbocycles. The molecule has 138 valence electrons. The molecular formula is C18H15N3O4S2. The highest BCUT2D eigenvalue weighted by atomic mass is 32.2. The Hall–Kier alpha value is -2.91. The van der Waals surface area contributed by atoms with Crippen LogP contribution in [0.1, 0.15) is 10.4 Å². The minimum absolute atomic E-state index is 0.0621. The Morgan fingerprint density at radius 3 is 2.63 bits per heavy atom. The fourth-order valence-corrected chi connectivity index (χ4v) is 4.13. The molecule has 3 aromatic rings. The minimum Gasteiger partial charge on any atom is -0.284 e. The lowest BCUT2D eigenvalue weighted by atomic mass is 10.3. The number of nitrogens with zero attached hydrogens (tertiary/aromatic N) is 2. The second-order valence-electron chi connectivity index (χ2n) is 5.55. The van der Waals surface area contributed by atoms with Crippen molar-refractivity contribution < 1.29 is 4.92 Å². The van der Waals surface area contributed by atoms with Crippen molar-refractivity contribution in [1.29, 1.82) is 0 Å². The summed E-state index contributed by atoms with van der Waals surface area (Å²) in [5.41, 5.74) is -0.443. The van der Waals surface area contributed by atoms with E-state index in [4.69, 9.17) is 0 Å². The largest absolute Gasteiger partial charge is 0.329 e. The zero-order valence-corrected chi connectivity index (χ0v) is 15.9. The van der Waals surface area contributed by atoms with Crippen molar-refractivity contribution in [2.24, 2.45) is 0 Å². The molecule has 9 heteroatoms. The van der Waals surface area contributed by atoms with Crippen LogP contribution in [0.15, 0.2) is 68.1 Å². The maximum Gasteiger partial charge on any atom is 0.329 e. The Kier molecular flexibility index (Phi) is 5.72. The summed E-state index contributed by atoms with van der Waals surface area (Å²) >= 11 is 2.40. The van der Waals surface area contributed by atoms with Crippen LogP contribution in [0, 0.1) is 17.0 Å². The molecule has 0 bridgehead atoms. The summed E-state index contributed by atoms with van der Waals surface area (Å²) < 4.78 is 1.48. The molecule has 0 aliphatic rings. The fraction of sp³-hybridized carbons (Fsp3) is 0.111. The van der Waals surface area contributed by atoms with Crippen LogP contribution in [-0.4, -0.2) is 14.5 Å². The molecule has 3 rings (SSSR count). The van der Waals surface area contributed by atoms with Gasteiger partial charge in [-0.3, -0.25) is 24.5 Å². The number of allylic oxidation sites excluding steroid dienone is 1. The summed E-state index contributed by atoms with van der Waals surface area (Å²) in [6.45, 7) is 1.91. The predicted octanol–water partition coefficient (Wildman–Crippen LogP) is 3.68. The summed E-state index contributed by atoms with van der Waals surface area (Å²) in [4.78, 5) is 38.6. The van der Waals surface area contributed by atoms with Crippen LogP contribution in [0.3, 0.4) is 0 Å². The van der Waals surface area contributed by atoms with E-state index in [0.717, 1.165) is 16.2 Å². The standard InChI is InChI=1S/C18H15N3O4S2/c1-12-16(22)19-18(23)20(17(12)27-13-6-3-2-4-7-13)11-5-8-14-9-10-15(26-14)21(24)25/h2-10H,11H2,1H3,(H,19,22,23)/b8-5+. The van der Waals surface area contributed by atoms with Crippen molar-refractivity contribution >= 4 is 34.2 Å². The zero-order valence-electron chi connectivity index (χ0n) is 14.2. The van der Waals surface area contributed by atoms with E-state index in [2.05, 4.69) is 4.98 Å². The highest BCUT2D eigenvalue weighted by Crippen LogP contribution is 2.28. The Morgan fingerprint density at radius 2 is 1.96 bits per heavy atom. The molecule has 7 nitrogen and oxygen atoms in total. The average molecular weight is 401 g/mol. The highest BCUT2D eigenvalue weighted by Gasteiger charge is 2.12. The number of aromatic amines is 1. The maximum atomic E-state index is 12.3. The van der Waals surface area contributed by atoms with E-state index in [0.29, 0.717) is 15.5 Å². The third-order valence-corrected chi connectivity index (χ3v) is 5.92. The molecule has 2 aromatic heterocycles. The van der Waals surface area contributed by atoms with Gasteiger partial charge in [-0.2, -0.15) is 0 Å². The maximum absolute atomic E-state index is 12.3. The van der Waals surface area contributed by atoms with Crippen LogP contribution in [0.4, 0.5) is 5.00 Å². The van der Waals surface area contributed by atoms with Gasteiger partial charge in [0.2, 0.25) is 0 Å². The van der Waals surface area contributed by atoms with Crippen LogP contribution in [0.5, 0.6) is 0 Å². The number of nitro groups is 1. The van der Waals surface area contributed by atoms with Crippen molar-refractivity contribution in [1.82, 2.24) is 9.55 Å². The van der Waals surface area contributed by atoms with E-state index in [1.165, 1.54) is 22.4 Å². The Bertz CT molecular complexity index is 1110. The normalized spacial score (nSPS) is 11.1. The molecule has 0 saturated carbocycles. The summed E-state index contributed by atoms with van der Waals surface area (Å²) in [5, 5.41) is 11.4. The number of H-pyrrole nitrogens is 1. The number of thiophene rings is 1. The summed E-state index contributed by atoms with van der Waals surface area (Å²) in [6, 6.07) is 12.6. The number of aromatic nitrogens is 2. The highest BCUT2D eigenvalue weighted by molar-refractivity contribution is 7.99. The number of hydrogen-bond acceptors (Lipinski definition) is 6. The predicted molar refractivity (Wildman–Crippen MR) is 107 cm³/mol. The first kappa shape index (κ1) is 18.9.